The summed E-state index contributed by atoms with van der Waals surface area (Å²) in [5.74, 6) is 0.155. The lowest BCUT2D eigenvalue weighted by Gasteiger charge is -2.47. The number of morpholine rings is 1. The first kappa shape index (κ1) is 18.2. The van der Waals surface area contributed by atoms with Crippen molar-refractivity contribution in [2.45, 2.75) is 31.3 Å². The maximum atomic E-state index is 12.7. The highest BCUT2D eigenvalue weighted by molar-refractivity contribution is 7.09. The topological polar surface area (TPSA) is 49.9 Å². The maximum absolute atomic E-state index is 12.7. The van der Waals surface area contributed by atoms with Crippen molar-refractivity contribution < 1.29 is 14.3 Å². The third-order valence-electron chi connectivity index (χ3n) is 5.37. The lowest BCUT2D eigenvalue weighted by atomic mass is 9.90. The van der Waals surface area contributed by atoms with Gasteiger partial charge >= 0.3 is 0 Å². The van der Waals surface area contributed by atoms with Crippen molar-refractivity contribution in [3.05, 3.63) is 52.7 Å². The van der Waals surface area contributed by atoms with Gasteiger partial charge in [0, 0.05) is 23.5 Å². The third kappa shape index (κ3) is 4.06. The minimum atomic E-state index is -0.458. The van der Waals surface area contributed by atoms with E-state index < -0.39 is 5.60 Å². The fraction of sp³-hybridized carbons (Fsp3) is 0.429. The van der Waals surface area contributed by atoms with Crippen molar-refractivity contribution in [3.63, 3.8) is 0 Å². The van der Waals surface area contributed by atoms with Gasteiger partial charge in [0.1, 0.15) is 12.2 Å². The quantitative estimate of drug-likeness (QED) is 0.814. The Morgan fingerprint density at radius 2 is 2.00 bits per heavy atom. The van der Waals surface area contributed by atoms with Crippen LogP contribution >= 0.6 is 11.3 Å². The van der Waals surface area contributed by atoms with Crippen LogP contribution in [0.4, 0.5) is 5.69 Å². The number of carbonyl (C=O) groups is 2. The molecule has 2 amide bonds. The summed E-state index contributed by atoms with van der Waals surface area (Å²) in [4.78, 5) is 30.1. The van der Waals surface area contributed by atoms with Gasteiger partial charge in [0.2, 0.25) is 5.91 Å². The molecule has 4 rings (SSSR count). The van der Waals surface area contributed by atoms with Gasteiger partial charge in [-0.15, -0.1) is 11.3 Å². The average molecular weight is 385 g/mol. The van der Waals surface area contributed by atoms with Crippen LogP contribution in [-0.4, -0.2) is 48.6 Å². The van der Waals surface area contributed by atoms with Crippen molar-refractivity contribution in [2.75, 3.05) is 31.1 Å². The van der Waals surface area contributed by atoms with E-state index in [9.17, 15) is 9.59 Å². The minimum absolute atomic E-state index is 0.0204. The molecule has 0 radical (unpaired) electrons. The summed E-state index contributed by atoms with van der Waals surface area (Å²) >= 11 is 1.69. The molecule has 1 aromatic carbocycles. The van der Waals surface area contributed by atoms with Gasteiger partial charge in [0.25, 0.3) is 5.91 Å². The van der Waals surface area contributed by atoms with Gasteiger partial charge in [0.05, 0.1) is 13.1 Å². The first-order chi connectivity index (χ1) is 13.2. The number of carbonyl (C=O) groups excluding carboxylic acids is 2. The van der Waals surface area contributed by atoms with E-state index in [1.165, 1.54) is 4.88 Å². The minimum Gasteiger partial charge on any atom is -0.361 e. The molecule has 1 unspecified atom stereocenters. The predicted molar refractivity (Wildman–Crippen MR) is 106 cm³/mol. The highest BCUT2D eigenvalue weighted by atomic mass is 32.1. The Hall–Kier alpha value is -2.18. The number of hydrogen-bond donors (Lipinski definition) is 0. The van der Waals surface area contributed by atoms with E-state index in [0.717, 1.165) is 31.5 Å². The summed E-state index contributed by atoms with van der Waals surface area (Å²) in [5, 5.41) is 2.04. The van der Waals surface area contributed by atoms with Crippen LogP contribution in [0.3, 0.4) is 0 Å². The summed E-state index contributed by atoms with van der Waals surface area (Å²) in [5.41, 5.74) is 0.437. The molecule has 0 aliphatic carbocycles. The van der Waals surface area contributed by atoms with Crippen LogP contribution in [0.2, 0.25) is 0 Å². The number of rotatable bonds is 4. The lowest BCUT2D eigenvalue weighted by molar-refractivity contribution is -0.153. The van der Waals surface area contributed by atoms with Crippen LogP contribution in [0, 0.1) is 0 Å². The van der Waals surface area contributed by atoms with Crippen LogP contribution in [0.5, 0.6) is 0 Å². The van der Waals surface area contributed by atoms with Gasteiger partial charge in [-0.25, -0.2) is 0 Å². The number of nitrogens with zero attached hydrogens (tertiary/aromatic N) is 2. The monoisotopic (exact) mass is 384 g/mol. The van der Waals surface area contributed by atoms with E-state index in [-0.39, 0.29) is 18.4 Å². The number of anilines is 1. The van der Waals surface area contributed by atoms with Gasteiger partial charge in [-0.05, 0) is 42.8 Å². The molecule has 2 saturated heterocycles. The molecule has 2 aromatic rings. The summed E-state index contributed by atoms with van der Waals surface area (Å²) in [6.07, 6.45) is 3.09. The molecule has 0 bridgehead atoms. The molecular formula is C21H24N2O3S. The van der Waals surface area contributed by atoms with Crippen LogP contribution in [0.25, 0.3) is 0 Å². The maximum Gasteiger partial charge on any atom is 0.253 e. The molecule has 5 nitrogen and oxygen atoms in total. The van der Waals surface area contributed by atoms with Crippen molar-refractivity contribution in [1.82, 2.24) is 4.90 Å². The Bertz CT molecular complexity index is 793. The summed E-state index contributed by atoms with van der Waals surface area (Å²) in [6, 6.07) is 13.8. The van der Waals surface area contributed by atoms with Gasteiger partial charge < -0.3 is 14.5 Å². The predicted octanol–water partition coefficient (Wildman–Crippen LogP) is 3.11. The molecule has 6 heteroatoms. The standard InChI is InChI=1S/C21H24N2O3S/c24-19(10-9-18-8-4-13-27-18)22-12-5-11-21(15-22)16-23(20(25)14-26-21)17-6-2-1-3-7-17/h1-4,6-8,13H,5,9-12,14-16H2. The highest BCUT2D eigenvalue weighted by Crippen LogP contribution is 2.32. The van der Waals surface area contributed by atoms with E-state index in [1.54, 1.807) is 11.3 Å². The Kier molecular flexibility index (Phi) is 5.27. The first-order valence-electron chi connectivity index (χ1n) is 9.45. The number of thiophene rings is 1. The first-order valence-corrected chi connectivity index (χ1v) is 10.3. The SMILES string of the molecule is O=C(CCc1cccs1)N1CCCC2(C1)CN(c1ccccc1)C(=O)CO2. The Balaban J connectivity index is 1.43. The summed E-state index contributed by atoms with van der Waals surface area (Å²) in [6.45, 7) is 1.91. The molecule has 0 saturated carbocycles. The Morgan fingerprint density at radius 3 is 2.78 bits per heavy atom. The highest BCUT2D eigenvalue weighted by Gasteiger charge is 2.44. The number of ether oxygens (including phenoxy) is 1. The number of amides is 2. The second-order valence-electron chi connectivity index (χ2n) is 7.29. The average Bonchev–Trinajstić information content (AvgIpc) is 3.23. The van der Waals surface area contributed by atoms with Gasteiger partial charge in [0.15, 0.2) is 0 Å². The van der Waals surface area contributed by atoms with Crippen LogP contribution < -0.4 is 4.90 Å². The van der Waals surface area contributed by atoms with Crippen molar-refractivity contribution in [2.24, 2.45) is 0 Å². The van der Waals surface area contributed by atoms with E-state index in [0.29, 0.717) is 19.5 Å². The molecule has 27 heavy (non-hydrogen) atoms. The third-order valence-corrected chi connectivity index (χ3v) is 6.31. The summed E-state index contributed by atoms with van der Waals surface area (Å²) < 4.78 is 6.02. The fourth-order valence-electron chi connectivity index (χ4n) is 3.96. The number of benzene rings is 1. The van der Waals surface area contributed by atoms with Gasteiger partial charge in [-0.2, -0.15) is 0 Å². The molecule has 3 heterocycles. The largest absolute Gasteiger partial charge is 0.361 e. The number of aryl methyl sites for hydroxylation is 1. The van der Waals surface area contributed by atoms with Crippen molar-refractivity contribution >= 4 is 28.8 Å². The number of piperidine rings is 1. The number of para-hydroxylation sites is 1. The Labute approximate surface area is 163 Å². The zero-order chi connectivity index (χ0) is 18.7. The molecule has 2 fully saturated rings. The molecule has 1 spiro atoms. The molecule has 2 aliphatic rings. The zero-order valence-electron chi connectivity index (χ0n) is 15.3. The summed E-state index contributed by atoms with van der Waals surface area (Å²) in [7, 11) is 0. The van der Waals surface area contributed by atoms with Crippen LogP contribution in [-0.2, 0) is 20.7 Å². The van der Waals surface area contributed by atoms with E-state index in [2.05, 4.69) is 6.07 Å². The van der Waals surface area contributed by atoms with Gasteiger partial charge in [-0.3, -0.25) is 9.59 Å². The molecule has 2 aliphatic heterocycles. The fourth-order valence-corrected chi connectivity index (χ4v) is 4.67. The molecular weight excluding hydrogens is 360 g/mol. The van der Waals surface area contributed by atoms with Crippen LogP contribution in [0.1, 0.15) is 24.1 Å². The molecule has 0 N–H and O–H groups in total. The van der Waals surface area contributed by atoms with Crippen molar-refractivity contribution in [3.8, 4) is 0 Å². The van der Waals surface area contributed by atoms with E-state index in [4.69, 9.17) is 4.74 Å². The number of hydrogen-bond acceptors (Lipinski definition) is 4. The second kappa shape index (κ2) is 7.82. The normalized spacial score (nSPS) is 23.0. The number of likely N-dealkylation sites (tertiary alicyclic amines) is 1. The molecule has 142 valence electrons. The van der Waals surface area contributed by atoms with E-state index in [1.807, 2.05) is 51.6 Å². The van der Waals surface area contributed by atoms with E-state index >= 15 is 0 Å². The molecule has 1 aromatic heterocycles. The zero-order valence-corrected chi connectivity index (χ0v) is 16.1. The Morgan fingerprint density at radius 1 is 1.15 bits per heavy atom. The lowest BCUT2D eigenvalue weighted by Crippen LogP contribution is -2.62. The van der Waals surface area contributed by atoms with Crippen LogP contribution in [0.15, 0.2) is 47.8 Å². The smallest absolute Gasteiger partial charge is 0.253 e. The van der Waals surface area contributed by atoms with Gasteiger partial charge in [-0.1, -0.05) is 24.3 Å². The van der Waals surface area contributed by atoms with Crippen molar-refractivity contribution in [1.29, 1.82) is 0 Å². The molecule has 1 atom stereocenters. The second-order valence-corrected chi connectivity index (χ2v) is 8.32.